The molecule has 1 aromatic carbocycles. The zero-order chi connectivity index (χ0) is 17.4. The minimum atomic E-state index is -0.443. The van der Waals surface area contributed by atoms with Crippen molar-refractivity contribution in [3.63, 3.8) is 0 Å². The Hall–Kier alpha value is -2.48. The van der Waals surface area contributed by atoms with Crippen LogP contribution in [-0.2, 0) is 14.4 Å². The van der Waals surface area contributed by atoms with E-state index in [4.69, 9.17) is 0 Å². The van der Waals surface area contributed by atoms with Gasteiger partial charge in [0.1, 0.15) is 5.82 Å². The zero-order valence-corrected chi connectivity index (χ0v) is 13.4. The molecule has 0 spiro atoms. The maximum Gasteiger partial charge on any atom is 0.241 e. The molecule has 0 aliphatic heterocycles. The molecule has 1 aromatic rings. The first-order valence-electron chi connectivity index (χ1n) is 6.98. The molecule has 0 aromatic heterocycles. The van der Waals surface area contributed by atoms with Crippen LogP contribution < -0.4 is 10.6 Å². The topological polar surface area (TPSA) is 81.8 Å². The summed E-state index contributed by atoms with van der Waals surface area (Å²) in [5.41, 5.74) is 0.351. The summed E-state index contributed by atoms with van der Waals surface area (Å²) in [4.78, 5) is 37.7. The number of rotatable bonds is 7. The largest absolute Gasteiger partial charge is 0.347 e. The molecule has 0 aliphatic carbocycles. The van der Waals surface area contributed by atoms with Gasteiger partial charge in [-0.05, 0) is 25.2 Å². The van der Waals surface area contributed by atoms with Crippen LogP contribution in [0.4, 0.5) is 10.1 Å². The van der Waals surface area contributed by atoms with Crippen molar-refractivity contribution in [2.24, 2.45) is 0 Å². The van der Waals surface area contributed by atoms with E-state index in [2.05, 4.69) is 10.6 Å². The second-order valence-electron chi connectivity index (χ2n) is 5.30. The minimum absolute atomic E-state index is 0.0305. The average molecular weight is 324 g/mol. The number of anilines is 1. The molecule has 2 N–H and O–H groups in total. The minimum Gasteiger partial charge on any atom is -0.347 e. The smallest absolute Gasteiger partial charge is 0.241 e. The number of nitrogens with zero attached hydrogens (tertiary/aromatic N) is 2. The van der Waals surface area contributed by atoms with Gasteiger partial charge in [-0.2, -0.15) is 0 Å². The first-order valence-corrected chi connectivity index (χ1v) is 6.98. The highest BCUT2D eigenvalue weighted by Gasteiger charge is 2.12. The average Bonchev–Trinajstić information content (AvgIpc) is 2.44. The Kier molecular flexibility index (Phi) is 7.14. The molecule has 3 amide bonds. The molecule has 0 fully saturated rings. The molecule has 0 heterocycles. The van der Waals surface area contributed by atoms with Crippen molar-refractivity contribution in [2.75, 3.05) is 46.1 Å². The summed E-state index contributed by atoms with van der Waals surface area (Å²) in [6.45, 7) is -0.155. The fourth-order valence-electron chi connectivity index (χ4n) is 1.70. The Labute approximate surface area is 134 Å². The molecule has 1 rings (SSSR count). The number of hydrogen-bond donors (Lipinski definition) is 2. The summed E-state index contributed by atoms with van der Waals surface area (Å²) < 4.78 is 13.0. The van der Waals surface area contributed by atoms with Gasteiger partial charge < -0.3 is 15.5 Å². The SMILES string of the molecule is CN(CC(=O)NCC(=O)N(C)C)CC(=O)Nc1cccc(F)c1. The van der Waals surface area contributed by atoms with Crippen molar-refractivity contribution >= 4 is 23.4 Å². The van der Waals surface area contributed by atoms with E-state index in [-0.39, 0.29) is 37.4 Å². The van der Waals surface area contributed by atoms with E-state index >= 15 is 0 Å². The van der Waals surface area contributed by atoms with Crippen molar-refractivity contribution in [3.8, 4) is 0 Å². The predicted octanol–water partition coefficient (Wildman–Crippen LogP) is -0.0996. The van der Waals surface area contributed by atoms with Crippen LogP contribution >= 0.6 is 0 Å². The summed E-state index contributed by atoms with van der Waals surface area (Å²) in [6.07, 6.45) is 0. The maximum absolute atomic E-state index is 13.0. The van der Waals surface area contributed by atoms with Crippen LogP contribution in [0.1, 0.15) is 0 Å². The standard InChI is InChI=1S/C15H21FN4O3/c1-19(2)15(23)8-17-13(21)9-20(3)10-14(22)18-12-6-4-5-11(16)7-12/h4-7H,8-10H2,1-3H3,(H,17,21)(H,18,22). The highest BCUT2D eigenvalue weighted by molar-refractivity contribution is 5.92. The van der Waals surface area contributed by atoms with Gasteiger partial charge in [-0.25, -0.2) is 4.39 Å². The van der Waals surface area contributed by atoms with Crippen molar-refractivity contribution in [1.82, 2.24) is 15.1 Å². The molecule has 0 atom stereocenters. The molecule has 0 aliphatic rings. The van der Waals surface area contributed by atoms with Gasteiger partial charge in [0.2, 0.25) is 17.7 Å². The predicted molar refractivity (Wildman–Crippen MR) is 84.2 cm³/mol. The van der Waals surface area contributed by atoms with Crippen molar-refractivity contribution in [2.45, 2.75) is 0 Å². The van der Waals surface area contributed by atoms with Crippen LogP contribution in [0.25, 0.3) is 0 Å². The summed E-state index contributed by atoms with van der Waals surface area (Å²) in [6, 6.07) is 5.54. The highest BCUT2D eigenvalue weighted by atomic mass is 19.1. The van der Waals surface area contributed by atoms with Crippen LogP contribution in [0.5, 0.6) is 0 Å². The first kappa shape index (κ1) is 18.6. The molecule has 0 saturated carbocycles. The van der Waals surface area contributed by atoms with Gasteiger partial charge in [0, 0.05) is 19.8 Å². The zero-order valence-electron chi connectivity index (χ0n) is 13.4. The third-order valence-electron chi connectivity index (χ3n) is 2.87. The molecular formula is C15H21FN4O3. The fourth-order valence-corrected chi connectivity index (χ4v) is 1.70. The lowest BCUT2D eigenvalue weighted by atomic mass is 10.3. The van der Waals surface area contributed by atoms with Gasteiger partial charge >= 0.3 is 0 Å². The monoisotopic (exact) mass is 324 g/mol. The van der Waals surface area contributed by atoms with E-state index in [1.807, 2.05) is 0 Å². The lowest BCUT2D eigenvalue weighted by Gasteiger charge is -2.16. The number of likely N-dealkylation sites (N-methyl/N-ethyl adjacent to an activating group) is 2. The molecule has 0 saturated heterocycles. The van der Waals surface area contributed by atoms with Gasteiger partial charge in [-0.15, -0.1) is 0 Å². The quantitative estimate of drug-likeness (QED) is 0.734. The van der Waals surface area contributed by atoms with Crippen LogP contribution in [-0.4, -0.2) is 68.3 Å². The number of carbonyl (C=O) groups is 3. The normalized spacial score (nSPS) is 10.3. The fraction of sp³-hybridized carbons (Fsp3) is 0.400. The van der Waals surface area contributed by atoms with E-state index in [1.165, 1.54) is 28.0 Å². The van der Waals surface area contributed by atoms with Crippen LogP contribution in [0, 0.1) is 5.82 Å². The van der Waals surface area contributed by atoms with Crippen LogP contribution in [0.15, 0.2) is 24.3 Å². The lowest BCUT2D eigenvalue weighted by molar-refractivity contribution is -0.131. The van der Waals surface area contributed by atoms with E-state index in [0.29, 0.717) is 5.69 Å². The molecule has 0 unspecified atom stereocenters. The molecule has 8 heteroatoms. The van der Waals surface area contributed by atoms with Gasteiger partial charge in [-0.1, -0.05) is 6.07 Å². The van der Waals surface area contributed by atoms with Crippen LogP contribution in [0.2, 0.25) is 0 Å². The van der Waals surface area contributed by atoms with E-state index in [9.17, 15) is 18.8 Å². The second-order valence-corrected chi connectivity index (χ2v) is 5.30. The number of hydrogen-bond acceptors (Lipinski definition) is 4. The molecule has 0 bridgehead atoms. The third-order valence-corrected chi connectivity index (χ3v) is 2.87. The van der Waals surface area contributed by atoms with E-state index < -0.39 is 5.82 Å². The first-order chi connectivity index (χ1) is 10.8. The Morgan fingerprint density at radius 2 is 1.74 bits per heavy atom. The molecule has 126 valence electrons. The van der Waals surface area contributed by atoms with Crippen molar-refractivity contribution in [3.05, 3.63) is 30.1 Å². The summed E-state index contributed by atoms with van der Waals surface area (Å²) in [5.74, 6) is -1.39. The van der Waals surface area contributed by atoms with Gasteiger partial charge in [0.05, 0.1) is 19.6 Å². The Balaban J connectivity index is 2.35. The molecule has 23 heavy (non-hydrogen) atoms. The number of benzene rings is 1. The van der Waals surface area contributed by atoms with Gasteiger partial charge in [0.25, 0.3) is 0 Å². The summed E-state index contributed by atoms with van der Waals surface area (Å²) in [5, 5.41) is 5.01. The van der Waals surface area contributed by atoms with Crippen molar-refractivity contribution < 1.29 is 18.8 Å². The van der Waals surface area contributed by atoms with E-state index in [1.54, 1.807) is 27.2 Å². The summed E-state index contributed by atoms with van der Waals surface area (Å²) >= 11 is 0. The highest BCUT2D eigenvalue weighted by Crippen LogP contribution is 2.08. The Bertz CT molecular complexity index is 578. The van der Waals surface area contributed by atoms with Gasteiger partial charge in [-0.3, -0.25) is 19.3 Å². The van der Waals surface area contributed by atoms with Crippen molar-refractivity contribution in [1.29, 1.82) is 0 Å². The second kappa shape index (κ2) is 8.84. The van der Waals surface area contributed by atoms with E-state index in [0.717, 1.165) is 0 Å². The lowest BCUT2D eigenvalue weighted by Crippen LogP contribution is -2.42. The Morgan fingerprint density at radius 1 is 1.09 bits per heavy atom. The molecule has 0 radical (unpaired) electrons. The maximum atomic E-state index is 13.0. The number of nitrogens with one attached hydrogen (secondary N) is 2. The van der Waals surface area contributed by atoms with Gasteiger partial charge in [0.15, 0.2) is 0 Å². The third kappa shape index (κ3) is 7.37. The molecule has 7 nitrogen and oxygen atoms in total. The molecular weight excluding hydrogens is 303 g/mol. The Morgan fingerprint density at radius 3 is 2.35 bits per heavy atom. The summed E-state index contributed by atoms with van der Waals surface area (Å²) in [7, 11) is 4.78. The number of halogens is 1. The number of amides is 3. The van der Waals surface area contributed by atoms with Crippen LogP contribution in [0.3, 0.4) is 0 Å². The number of carbonyl (C=O) groups excluding carboxylic acids is 3.